The molecule has 0 spiro atoms. The van der Waals surface area contributed by atoms with Gasteiger partial charge in [-0.15, -0.1) is 0 Å². The van der Waals surface area contributed by atoms with Gasteiger partial charge < -0.3 is 15.5 Å². The molecule has 0 aromatic heterocycles. The van der Waals surface area contributed by atoms with Gasteiger partial charge in [0, 0.05) is 25.3 Å². The monoisotopic (exact) mass is 273 g/mol. The van der Waals surface area contributed by atoms with Gasteiger partial charge in [-0.1, -0.05) is 13.8 Å². The third-order valence-electron chi connectivity index (χ3n) is 3.05. The highest BCUT2D eigenvalue weighted by molar-refractivity contribution is 5.21. The van der Waals surface area contributed by atoms with E-state index in [-0.39, 0.29) is 24.1 Å². The molecule has 1 aromatic carbocycles. The molecule has 0 heterocycles. The first-order valence-corrected chi connectivity index (χ1v) is 6.30. The Hall–Kier alpha value is -1.04. The van der Waals surface area contributed by atoms with Crippen LogP contribution >= 0.6 is 0 Å². The minimum absolute atomic E-state index is 0.0486. The second-order valence-electron chi connectivity index (χ2n) is 5.45. The van der Waals surface area contributed by atoms with Crippen LogP contribution in [-0.4, -0.2) is 29.9 Å². The van der Waals surface area contributed by atoms with E-state index in [9.17, 15) is 13.9 Å². The molecule has 0 saturated heterocycles. The second kappa shape index (κ2) is 6.93. The van der Waals surface area contributed by atoms with E-state index >= 15 is 0 Å². The number of rotatable bonds is 7. The van der Waals surface area contributed by atoms with Crippen molar-refractivity contribution in [3.8, 4) is 0 Å². The van der Waals surface area contributed by atoms with Gasteiger partial charge in [0.05, 0.1) is 6.10 Å². The standard InChI is InChI=1S/C14H21F2NO2/c1-14(2,5-6-18)9-17-8-13(19)11-7-10(15)3-4-12(11)16/h3-4,7,13,17-19H,5-6,8-9H2,1-2H3. The molecule has 0 radical (unpaired) electrons. The van der Waals surface area contributed by atoms with Crippen LogP contribution < -0.4 is 5.32 Å². The minimum atomic E-state index is -1.10. The van der Waals surface area contributed by atoms with Crippen LogP contribution in [0.15, 0.2) is 18.2 Å². The van der Waals surface area contributed by atoms with Crippen molar-refractivity contribution in [3.05, 3.63) is 35.4 Å². The van der Waals surface area contributed by atoms with Gasteiger partial charge in [0.2, 0.25) is 0 Å². The van der Waals surface area contributed by atoms with Crippen molar-refractivity contribution >= 4 is 0 Å². The normalized spacial score (nSPS) is 13.6. The molecule has 3 nitrogen and oxygen atoms in total. The zero-order chi connectivity index (χ0) is 14.5. The van der Waals surface area contributed by atoms with Gasteiger partial charge in [-0.05, 0) is 30.0 Å². The van der Waals surface area contributed by atoms with E-state index in [0.717, 1.165) is 18.2 Å². The molecule has 0 bridgehead atoms. The Balaban J connectivity index is 2.51. The predicted molar refractivity (Wildman–Crippen MR) is 69.7 cm³/mol. The van der Waals surface area contributed by atoms with Crippen molar-refractivity contribution in [1.82, 2.24) is 5.32 Å². The van der Waals surface area contributed by atoms with Crippen LogP contribution in [0.4, 0.5) is 8.78 Å². The van der Waals surface area contributed by atoms with Crippen LogP contribution in [-0.2, 0) is 0 Å². The molecule has 3 N–H and O–H groups in total. The summed E-state index contributed by atoms with van der Waals surface area (Å²) in [4.78, 5) is 0. The topological polar surface area (TPSA) is 52.5 Å². The summed E-state index contributed by atoms with van der Waals surface area (Å²) in [5, 5.41) is 21.7. The highest BCUT2D eigenvalue weighted by Gasteiger charge is 2.18. The average Bonchev–Trinajstić information content (AvgIpc) is 2.31. The summed E-state index contributed by atoms with van der Waals surface area (Å²) in [6.07, 6.45) is -0.467. The van der Waals surface area contributed by atoms with Gasteiger partial charge in [0.1, 0.15) is 11.6 Å². The fraction of sp³-hybridized carbons (Fsp3) is 0.571. The summed E-state index contributed by atoms with van der Waals surface area (Å²) >= 11 is 0. The first-order chi connectivity index (χ1) is 8.85. The van der Waals surface area contributed by atoms with Crippen LogP contribution in [0.2, 0.25) is 0 Å². The van der Waals surface area contributed by atoms with E-state index in [2.05, 4.69) is 5.32 Å². The molecule has 1 rings (SSSR count). The number of nitrogens with one attached hydrogen (secondary N) is 1. The molecule has 19 heavy (non-hydrogen) atoms. The number of aliphatic hydroxyl groups is 2. The Bertz CT molecular complexity index is 410. The largest absolute Gasteiger partial charge is 0.396 e. The molecule has 0 saturated carbocycles. The number of halogens is 2. The van der Waals surface area contributed by atoms with E-state index in [4.69, 9.17) is 5.11 Å². The Morgan fingerprint density at radius 1 is 1.32 bits per heavy atom. The van der Waals surface area contributed by atoms with Crippen molar-refractivity contribution in [2.75, 3.05) is 19.7 Å². The van der Waals surface area contributed by atoms with Crippen molar-refractivity contribution in [3.63, 3.8) is 0 Å². The number of benzene rings is 1. The molecular weight excluding hydrogens is 252 g/mol. The summed E-state index contributed by atoms with van der Waals surface area (Å²) < 4.78 is 26.4. The lowest BCUT2D eigenvalue weighted by Crippen LogP contribution is -2.33. The lowest BCUT2D eigenvalue weighted by atomic mass is 9.89. The van der Waals surface area contributed by atoms with E-state index in [1.807, 2.05) is 13.8 Å². The van der Waals surface area contributed by atoms with E-state index < -0.39 is 17.7 Å². The van der Waals surface area contributed by atoms with E-state index in [1.54, 1.807) is 0 Å². The van der Waals surface area contributed by atoms with Crippen molar-refractivity contribution in [2.45, 2.75) is 26.4 Å². The molecule has 108 valence electrons. The second-order valence-corrected chi connectivity index (χ2v) is 5.45. The first-order valence-electron chi connectivity index (χ1n) is 6.30. The smallest absolute Gasteiger partial charge is 0.129 e. The van der Waals surface area contributed by atoms with Crippen LogP contribution in [0.1, 0.15) is 31.9 Å². The van der Waals surface area contributed by atoms with Gasteiger partial charge in [0.25, 0.3) is 0 Å². The van der Waals surface area contributed by atoms with Crippen molar-refractivity contribution in [2.24, 2.45) is 5.41 Å². The summed E-state index contributed by atoms with van der Waals surface area (Å²) in [5.41, 5.74) is -0.165. The summed E-state index contributed by atoms with van der Waals surface area (Å²) in [5.74, 6) is -1.19. The molecule has 0 amide bonds. The molecule has 0 aliphatic heterocycles. The molecular formula is C14H21F2NO2. The van der Waals surface area contributed by atoms with Gasteiger partial charge in [-0.25, -0.2) is 8.78 Å². The van der Waals surface area contributed by atoms with Crippen LogP contribution in [0.3, 0.4) is 0 Å². The molecule has 0 aliphatic rings. The minimum Gasteiger partial charge on any atom is -0.396 e. The average molecular weight is 273 g/mol. The molecule has 0 fully saturated rings. The lowest BCUT2D eigenvalue weighted by Gasteiger charge is -2.25. The highest BCUT2D eigenvalue weighted by Crippen LogP contribution is 2.20. The van der Waals surface area contributed by atoms with Crippen molar-refractivity contribution < 1.29 is 19.0 Å². The van der Waals surface area contributed by atoms with Gasteiger partial charge in [-0.2, -0.15) is 0 Å². The Morgan fingerprint density at radius 3 is 2.63 bits per heavy atom. The maximum atomic E-state index is 13.4. The quantitative estimate of drug-likeness (QED) is 0.712. The molecule has 1 aromatic rings. The summed E-state index contributed by atoms with van der Waals surface area (Å²) in [6, 6.07) is 3.02. The molecule has 1 unspecified atom stereocenters. The van der Waals surface area contributed by atoms with E-state index in [0.29, 0.717) is 13.0 Å². The summed E-state index contributed by atoms with van der Waals surface area (Å²) in [7, 11) is 0. The first kappa shape index (κ1) is 16.0. The highest BCUT2D eigenvalue weighted by atomic mass is 19.1. The third-order valence-corrected chi connectivity index (χ3v) is 3.05. The van der Waals surface area contributed by atoms with Crippen molar-refractivity contribution in [1.29, 1.82) is 0 Å². The lowest BCUT2D eigenvalue weighted by molar-refractivity contribution is 0.157. The molecule has 5 heteroatoms. The van der Waals surface area contributed by atoms with Gasteiger partial charge in [0.15, 0.2) is 0 Å². The predicted octanol–water partition coefficient (Wildman–Crippen LogP) is 2.00. The summed E-state index contributed by atoms with van der Waals surface area (Å²) in [6.45, 7) is 4.75. The SMILES string of the molecule is CC(C)(CCO)CNCC(O)c1cc(F)ccc1F. The fourth-order valence-electron chi connectivity index (χ4n) is 1.82. The van der Waals surface area contributed by atoms with Crippen LogP contribution in [0, 0.1) is 17.0 Å². The maximum Gasteiger partial charge on any atom is 0.129 e. The Labute approximate surface area is 112 Å². The fourth-order valence-corrected chi connectivity index (χ4v) is 1.82. The van der Waals surface area contributed by atoms with Crippen LogP contribution in [0.25, 0.3) is 0 Å². The van der Waals surface area contributed by atoms with Gasteiger partial charge in [-0.3, -0.25) is 0 Å². The maximum absolute atomic E-state index is 13.4. The Morgan fingerprint density at radius 2 is 2.00 bits per heavy atom. The zero-order valence-corrected chi connectivity index (χ0v) is 11.3. The van der Waals surface area contributed by atoms with E-state index in [1.165, 1.54) is 0 Å². The third kappa shape index (κ3) is 5.22. The number of aliphatic hydroxyl groups excluding tert-OH is 2. The molecule has 0 aliphatic carbocycles. The van der Waals surface area contributed by atoms with Crippen LogP contribution in [0.5, 0.6) is 0 Å². The molecule has 1 atom stereocenters. The zero-order valence-electron chi connectivity index (χ0n) is 11.3. The Kier molecular flexibility index (Phi) is 5.85. The number of hydrogen-bond acceptors (Lipinski definition) is 3. The number of hydrogen-bond donors (Lipinski definition) is 3. The van der Waals surface area contributed by atoms with Gasteiger partial charge >= 0.3 is 0 Å².